The van der Waals surface area contributed by atoms with Crippen LogP contribution in [0.25, 0.3) is 88.4 Å². The number of aromatic nitrogens is 3. The number of hydrogen-bond acceptors (Lipinski definition) is 2. The average Bonchev–Trinajstić information content (AvgIpc) is 4.00. The van der Waals surface area contributed by atoms with Crippen LogP contribution in [-0.2, 0) is 0 Å². The van der Waals surface area contributed by atoms with Gasteiger partial charge in [-0.05, 0) is 137 Å². The Morgan fingerprint density at radius 2 is 0.825 bits per heavy atom. The highest BCUT2D eigenvalue weighted by atomic mass is 28.3. The van der Waals surface area contributed by atoms with Crippen LogP contribution in [0.5, 0.6) is 0 Å². The predicted octanol–water partition coefficient (Wildman–Crippen LogP) is 11.4. The fourth-order valence-corrected chi connectivity index (χ4v) is 17.0. The minimum atomic E-state index is -2.76. The molecule has 0 radical (unpaired) electrons. The summed E-state index contributed by atoms with van der Waals surface area (Å²) >= 11 is 0. The third kappa shape index (κ3) is 4.71. The number of fused-ring (bicyclic) bond motifs is 16. The van der Waals surface area contributed by atoms with Gasteiger partial charge < -0.3 is 9.13 Å². The lowest BCUT2D eigenvalue weighted by atomic mass is 9.94. The molecule has 8 aromatic carbocycles. The Hall–Kier alpha value is -7.78. The Kier molecular flexibility index (Phi) is 7.34. The maximum atomic E-state index is 11.7. The minimum absolute atomic E-state index is 0.615. The molecule has 0 saturated carbocycles. The molecule has 1 spiro atoms. The summed E-state index contributed by atoms with van der Waals surface area (Å²) in [6.45, 7) is 8.62. The van der Waals surface area contributed by atoms with E-state index in [4.69, 9.17) is 4.98 Å². The molecule has 0 amide bonds. The highest BCUT2D eigenvalue weighted by molar-refractivity contribution is 7.24. The molecule has 63 heavy (non-hydrogen) atoms. The van der Waals surface area contributed by atoms with Gasteiger partial charge >= 0.3 is 0 Å². The summed E-state index contributed by atoms with van der Waals surface area (Å²) in [7, 11) is -2.76. The van der Waals surface area contributed by atoms with E-state index in [2.05, 4.69) is 213 Å². The smallest absolute Gasteiger partial charge is 0.183 e. The van der Waals surface area contributed by atoms with Crippen LogP contribution in [0.1, 0.15) is 27.8 Å². The van der Waals surface area contributed by atoms with E-state index in [0.717, 1.165) is 44.6 Å². The molecule has 0 saturated heterocycles. The fraction of sp³-hybridized carbons (Fsp3) is 0.0690. The fourth-order valence-electron chi connectivity index (χ4n) is 11.5. The summed E-state index contributed by atoms with van der Waals surface area (Å²) in [6, 6.07) is 61.3. The van der Waals surface area contributed by atoms with E-state index < -0.39 is 8.07 Å². The van der Waals surface area contributed by atoms with Crippen molar-refractivity contribution < 1.29 is 0 Å². The first-order chi connectivity index (χ1) is 30.8. The largest absolute Gasteiger partial charge is 0.308 e. The Morgan fingerprint density at radius 1 is 0.429 bits per heavy atom. The zero-order valence-electron chi connectivity index (χ0n) is 35.5. The Labute approximate surface area is 366 Å². The molecule has 0 unspecified atom stereocenters. The van der Waals surface area contributed by atoms with Gasteiger partial charge in [-0.3, -0.25) is 4.98 Å². The maximum Gasteiger partial charge on any atom is 0.183 e. The molecule has 0 bridgehead atoms. The van der Waals surface area contributed by atoms with Crippen molar-refractivity contribution in [2.75, 3.05) is 0 Å². The second-order valence-electron chi connectivity index (χ2n) is 17.8. The van der Waals surface area contributed by atoms with Gasteiger partial charge in [0.05, 0.1) is 33.4 Å². The topological polar surface area (TPSA) is 46.5 Å². The van der Waals surface area contributed by atoms with E-state index in [-0.39, 0.29) is 0 Å². The SMILES string of the molecule is Cc1ccc2c(c1)c1cc(C)ccc1n2-c1cc(-c2cncc3c2-c2ccccc2[Si]32c3ccccc3-c3ccccc32)cc(-n2c3ccc(C)cc3c3cc(C)ccc32)c1C#N. The lowest BCUT2D eigenvalue weighted by molar-refractivity contribution is 1.12. The third-order valence-electron chi connectivity index (χ3n) is 14.1. The van der Waals surface area contributed by atoms with Gasteiger partial charge in [0.2, 0.25) is 0 Å². The molecule has 5 heteroatoms. The molecule has 0 fully saturated rings. The highest BCUT2D eigenvalue weighted by Crippen LogP contribution is 2.44. The second-order valence-corrected chi connectivity index (χ2v) is 21.4. The van der Waals surface area contributed by atoms with E-state index in [9.17, 15) is 5.26 Å². The first-order valence-electron chi connectivity index (χ1n) is 21.7. The van der Waals surface area contributed by atoms with Crippen molar-refractivity contribution in [2.24, 2.45) is 0 Å². The van der Waals surface area contributed by atoms with Crippen molar-refractivity contribution in [3.8, 4) is 50.8 Å². The Morgan fingerprint density at radius 3 is 1.25 bits per heavy atom. The normalized spacial score (nSPS) is 13.2. The summed E-state index contributed by atoms with van der Waals surface area (Å²) in [5.74, 6) is 0. The van der Waals surface area contributed by atoms with Crippen LogP contribution in [0.4, 0.5) is 0 Å². The van der Waals surface area contributed by atoms with Crippen LogP contribution >= 0.6 is 0 Å². The molecule has 2 aliphatic heterocycles. The van der Waals surface area contributed by atoms with Gasteiger partial charge in [0, 0.05) is 39.5 Å². The van der Waals surface area contributed by atoms with Crippen LogP contribution in [0.2, 0.25) is 0 Å². The Bertz CT molecular complexity index is 3560. The molecule has 0 atom stereocenters. The van der Waals surface area contributed by atoms with Crippen LogP contribution in [0.15, 0.2) is 170 Å². The van der Waals surface area contributed by atoms with Crippen molar-refractivity contribution in [2.45, 2.75) is 27.7 Å². The predicted molar refractivity (Wildman–Crippen MR) is 264 cm³/mol. The van der Waals surface area contributed by atoms with Crippen molar-refractivity contribution in [1.29, 1.82) is 5.26 Å². The lowest BCUT2D eigenvalue weighted by Crippen LogP contribution is -2.70. The highest BCUT2D eigenvalue weighted by Gasteiger charge is 2.54. The molecule has 4 nitrogen and oxygen atoms in total. The molecule has 296 valence electrons. The van der Waals surface area contributed by atoms with Gasteiger partial charge in [-0.2, -0.15) is 5.26 Å². The number of hydrogen-bond donors (Lipinski definition) is 0. The van der Waals surface area contributed by atoms with E-state index in [1.54, 1.807) is 0 Å². The molecular formula is C58H40N4Si. The standard InChI is InChI=1S/C58H40N4Si/c1-34-17-21-48-42(25-34)43-26-35(2)18-22-49(43)61(48)52-29-38(30-53(46(52)31-59)62-50-23-19-36(3)27-44(50)45-28-37(4)20-24-51(45)62)47-32-60-33-57-58(47)41-13-7-10-16-56(41)63(57)54-14-8-5-11-39(54)40-12-6-9-15-55(40)63/h5-30,32-33H,1-4H3. The molecule has 3 aromatic heterocycles. The third-order valence-corrected chi connectivity index (χ3v) is 19.0. The number of benzene rings is 8. The molecule has 13 rings (SSSR count). The molecular weight excluding hydrogens is 781 g/mol. The number of pyridine rings is 1. The Balaban J connectivity index is 1.19. The maximum absolute atomic E-state index is 11.7. The van der Waals surface area contributed by atoms with E-state index in [1.165, 1.54) is 86.8 Å². The van der Waals surface area contributed by atoms with Gasteiger partial charge in [0.15, 0.2) is 8.07 Å². The minimum Gasteiger partial charge on any atom is -0.308 e. The number of rotatable bonds is 3. The van der Waals surface area contributed by atoms with Gasteiger partial charge in [-0.15, -0.1) is 0 Å². The van der Waals surface area contributed by atoms with E-state index in [1.807, 2.05) is 0 Å². The van der Waals surface area contributed by atoms with Crippen LogP contribution < -0.4 is 20.7 Å². The van der Waals surface area contributed by atoms with Crippen molar-refractivity contribution in [1.82, 2.24) is 14.1 Å². The van der Waals surface area contributed by atoms with Crippen molar-refractivity contribution >= 4 is 72.4 Å². The average molecular weight is 821 g/mol. The molecule has 11 aromatic rings. The summed E-state index contributed by atoms with van der Waals surface area (Å²) in [5, 5.41) is 21.9. The van der Waals surface area contributed by atoms with Gasteiger partial charge in [-0.1, -0.05) is 119 Å². The first kappa shape index (κ1) is 35.9. The molecule has 2 aliphatic rings. The van der Waals surface area contributed by atoms with Crippen molar-refractivity contribution in [3.63, 3.8) is 0 Å². The summed E-state index contributed by atoms with van der Waals surface area (Å²) < 4.78 is 4.67. The van der Waals surface area contributed by atoms with Crippen molar-refractivity contribution in [3.05, 3.63) is 198 Å². The second kappa shape index (κ2) is 12.9. The lowest BCUT2D eigenvalue weighted by Gasteiger charge is -2.27. The van der Waals surface area contributed by atoms with Gasteiger partial charge in [0.25, 0.3) is 0 Å². The number of aryl methyl sites for hydroxylation is 4. The number of nitrogens with zero attached hydrogens (tertiary/aromatic N) is 4. The summed E-state index contributed by atoms with van der Waals surface area (Å²) in [4.78, 5) is 5.20. The zero-order chi connectivity index (χ0) is 42.3. The summed E-state index contributed by atoms with van der Waals surface area (Å²) in [6.07, 6.45) is 4.24. The quantitative estimate of drug-likeness (QED) is 0.167. The molecule has 0 aliphatic carbocycles. The monoisotopic (exact) mass is 820 g/mol. The molecule has 5 heterocycles. The van der Waals surface area contributed by atoms with Crippen LogP contribution in [0, 0.1) is 39.0 Å². The van der Waals surface area contributed by atoms with Gasteiger partial charge in [0.1, 0.15) is 11.6 Å². The molecule has 0 N–H and O–H groups in total. The first-order valence-corrected chi connectivity index (χ1v) is 23.7. The van der Waals surface area contributed by atoms with Gasteiger partial charge in [-0.25, -0.2) is 0 Å². The van der Waals surface area contributed by atoms with E-state index in [0.29, 0.717) is 5.56 Å². The summed E-state index contributed by atoms with van der Waals surface area (Å²) in [5.41, 5.74) is 18.6. The zero-order valence-corrected chi connectivity index (χ0v) is 36.5. The van der Waals surface area contributed by atoms with Crippen LogP contribution in [-0.4, -0.2) is 22.2 Å². The number of nitriles is 1. The van der Waals surface area contributed by atoms with Crippen LogP contribution in [0.3, 0.4) is 0 Å². The van der Waals surface area contributed by atoms with E-state index >= 15 is 0 Å².